The Kier molecular flexibility index (Phi) is 5.49. The van der Waals surface area contributed by atoms with Crippen molar-refractivity contribution in [1.29, 1.82) is 0 Å². The number of carbonyl (C=O) groups excluding carboxylic acids is 1. The second-order valence-electron chi connectivity index (χ2n) is 6.74. The molecule has 0 radical (unpaired) electrons. The van der Waals surface area contributed by atoms with E-state index in [0.29, 0.717) is 18.1 Å². The third-order valence-corrected chi connectivity index (χ3v) is 4.18. The first-order chi connectivity index (χ1) is 12.1. The third kappa shape index (κ3) is 4.47. The van der Waals surface area contributed by atoms with Crippen molar-refractivity contribution in [1.82, 2.24) is 5.43 Å². The molecular weight excluding hydrogens is 312 g/mol. The molecule has 25 heavy (non-hydrogen) atoms. The lowest BCUT2D eigenvalue weighted by Crippen LogP contribution is -2.22. The lowest BCUT2D eigenvalue weighted by Gasteiger charge is -2.17. The van der Waals surface area contributed by atoms with E-state index in [4.69, 9.17) is 4.74 Å². The molecule has 2 aromatic rings. The highest BCUT2D eigenvalue weighted by Gasteiger charge is 2.15. The summed E-state index contributed by atoms with van der Waals surface area (Å²) in [6.45, 7) is 4.87. The van der Waals surface area contributed by atoms with Crippen molar-refractivity contribution in [2.24, 2.45) is 11.0 Å². The Morgan fingerprint density at radius 1 is 1.12 bits per heavy atom. The largest absolute Gasteiger partial charge is 0.493 e. The molecule has 1 amide bonds. The number of aryl methyl sites for hydroxylation is 1. The summed E-state index contributed by atoms with van der Waals surface area (Å²) in [5.74, 6) is 1.04. The van der Waals surface area contributed by atoms with Crippen molar-refractivity contribution in [2.75, 3.05) is 6.61 Å². The number of amides is 1. The van der Waals surface area contributed by atoms with E-state index in [-0.39, 0.29) is 5.91 Å². The lowest BCUT2D eigenvalue weighted by molar-refractivity contribution is 0.0954. The first-order valence-electron chi connectivity index (χ1n) is 8.81. The number of ether oxygens (including phenoxy) is 1. The Bertz CT molecular complexity index is 764. The Labute approximate surface area is 148 Å². The molecule has 0 fully saturated rings. The smallest absolute Gasteiger partial charge is 0.271 e. The fourth-order valence-corrected chi connectivity index (χ4v) is 2.87. The summed E-state index contributed by atoms with van der Waals surface area (Å²) in [5, 5.41) is 4.37. The average Bonchev–Trinajstić information content (AvgIpc) is 2.64. The summed E-state index contributed by atoms with van der Waals surface area (Å²) in [7, 11) is 0. The molecule has 1 N–H and O–H groups in total. The van der Waals surface area contributed by atoms with E-state index in [9.17, 15) is 4.79 Å². The van der Waals surface area contributed by atoms with Gasteiger partial charge in [-0.15, -0.1) is 0 Å². The number of hydrogen-bond donors (Lipinski definition) is 1. The van der Waals surface area contributed by atoms with Gasteiger partial charge in [-0.1, -0.05) is 38.1 Å². The summed E-state index contributed by atoms with van der Waals surface area (Å²) in [6, 6.07) is 15.4. The maximum Gasteiger partial charge on any atom is 0.271 e. The van der Waals surface area contributed by atoms with Crippen LogP contribution in [0.2, 0.25) is 0 Å². The van der Waals surface area contributed by atoms with Gasteiger partial charge in [-0.25, -0.2) is 5.43 Å². The zero-order valence-electron chi connectivity index (χ0n) is 14.8. The van der Waals surface area contributed by atoms with Crippen LogP contribution in [0.4, 0.5) is 0 Å². The second-order valence-corrected chi connectivity index (χ2v) is 6.74. The lowest BCUT2D eigenvalue weighted by atomic mass is 9.90. The number of carbonyl (C=O) groups is 1. The fraction of sp³-hybridized carbons (Fsp3) is 0.333. The zero-order chi connectivity index (χ0) is 17.6. The van der Waals surface area contributed by atoms with Crippen LogP contribution in [0.15, 0.2) is 53.6 Å². The van der Waals surface area contributed by atoms with Gasteiger partial charge in [0.15, 0.2) is 0 Å². The number of fused-ring (bicyclic) bond motifs is 1. The normalized spacial score (nSPS) is 15.1. The van der Waals surface area contributed by atoms with Crippen LogP contribution in [-0.2, 0) is 6.42 Å². The summed E-state index contributed by atoms with van der Waals surface area (Å²) >= 11 is 0. The minimum absolute atomic E-state index is 0.203. The maximum atomic E-state index is 12.3. The molecule has 130 valence electrons. The van der Waals surface area contributed by atoms with Crippen LogP contribution < -0.4 is 10.2 Å². The van der Waals surface area contributed by atoms with Gasteiger partial charge in [0.1, 0.15) is 5.75 Å². The van der Waals surface area contributed by atoms with E-state index in [1.54, 1.807) is 12.1 Å². The Hall–Kier alpha value is -2.62. The molecule has 3 rings (SSSR count). The predicted octanol–water partition coefficient (Wildman–Crippen LogP) is 4.19. The molecule has 0 bridgehead atoms. The van der Waals surface area contributed by atoms with Crippen molar-refractivity contribution in [3.05, 3.63) is 65.2 Å². The Balaban J connectivity index is 1.65. The number of benzene rings is 2. The molecule has 1 aliphatic carbocycles. The molecule has 0 spiro atoms. The molecule has 0 aromatic heterocycles. The molecule has 0 unspecified atom stereocenters. The summed E-state index contributed by atoms with van der Waals surface area (Å²) in [4.78, 5) is 12.3. The van der Waals surface area contributed by atoms with Crippen LogP contribution in [0.5, 0.6) is 5.75 Å². The van der Waals surface area contributed by atoms with Crippen LogP contribution in [0.3, 0.4) is 0 Å². The standard InChI is InChI=1S/C21H24N2O2/c1-15(2)14-25-18-12-10-17(11-13-18)21(24)23-22-20-9-5-7-16-6-3-4-8-19(16)20/h3-4,6,8,10-13,15H,5,7,9,14H2,1-2H3,(H,23,24). The minimum atomic E-state index is -0.203. The minimum Gasteiger partial charge on any atom is -0.493 e. The number of hydrazone groups is 1. The number of nitrogens with zero attached hydrogens (tertiary/aromatic N) is 1. The van der Waals surface area contributed by atoms with E-state index in [2.05, 4.69) is 36.5 Å². The van der Waals surface area contributed by atoms with E-state index >= 15 is 0 Å². The van der Waals surface area contributed by atoms with Crippen LogP contribution in [0.1, 0.15) is 48.2 Å². The quantitative estimate of drug-likeness (QED) is 0.832. The van der Waals surface area contributed by atoms with E-state index < -0.39 is 0 Å². The number of nitrogens with one attached hydrogen (secondary N) is 1. The molecular formula is C21H24N2O2. The number of rotatable bonds is 5. The molecule has 4 heteroatoms. The van der Waals surface area contributed by atoms with Gasteiger partial charge in [0.25, 0.3) is 5.91 Å². The van der Waals surface area contributed by atoms with Crippen LogP contribution in [-0.4, -0.2) is 18.2 Å². The van der Waals surface area contributed by atoms with Crippen molar-refractivity contribution >= 4 is 11.6 Å². The monoisotopic (exact) mass is 336 g/mol. The van der Waals surface area contributed by atoms with Crippen molar-refractivity contribution in [3.63, 3.8) is 0 Å². The maximum absolute atomic E-state index is 12.3. The van der Waals surface area contributed by atoms with E-state index in [0.717, 1.165) is 36.3 Å². The van der Waals surface area contributed by atoms with Gasteiger partial charge < -0.3 is 4.74 Å². The van der Waals surface area contributed by atoms with Crippen LogP contribution in [0, 0.1) is 5.92 Å². The molecule has 0 heterocycles. The van der Waals surface area contributed by atoms with Gasteiger partial charge in [-0.3, -0.25) is 4.79 Å². The Morgan fingerprint density at radius 2 is 1.88 bits per heavy atom. The van der Waals surface area contributed by atoms with Crippen LogP contribution >= 0.6 is 0 Å². The highest BCUT2D eigenvalue weighted by Crippen LogP contribution is 2.21. The number of hydrogen-bond acceptors (Lipinski definition) is 3. The van der Waals surface area contributed by atoms with Crippen molar-refractivity contribution in [2.45, 2.75) is 33.1 Å². The fourth-order valence-electron chi connectivity index (χ4n) is 2.87. The molecule has 1 aliphatic rings. The molecule has 4 nitrogen and oxygen atoms in total. The first-order valence-corrected chi connectivity index (χ1v) is 8.81. The van der Waals surface area contributed by atoms with Gasteiger partial charge in [0, 0.05) is 11.1 Å². The average molecular weight is 336 g/mol. The topological polar surface area (TPSA) is 50.7 Å². The van der Waals surface area contributed by atoms with Gasteiger partial charge in [0.2, 0.25) is 0 Å². The van der Waals surface area contributed by atoms with Gasteiger partial charge in [-0.05, 0) is 55.0 Å². The van der Waals surface area contributed by atoms with E-state index in [1.807, 2.05) is 24.3 Å². The second kappa shape index (κ2) is 7.97. The summed E-state index contributed by atoms with van der Waals surface area (Å²) < 4.78 is 5.64. The van der Waals surface area contributed by atoms with Gasteiger partial charge >= 0.3 is 0 Å². The van der Waals surface area contributed by atoms with Gasteiger partial charge in [-0.2, -0.15) is 5.10 Å². The molecule has 0 saturated heterocycles. The molecule has 0 aliphatic heterocycles. The van der Waals surface area contributed by atoms with Crippen molar-refractivity contribution < 1.29 is 9.53 Å². The zero-order valence-corrected chi connectivity index (χ0v) is 14.8. The van der Waals surface area contributed by atoms with Gasteiger partial charge in [0.05, 0.1) is 12.3 Å². The molecule has 0 atom stereocenters. The molecule has 0 saturated carbocycles. The first kappa shape index (κ1) is 17.2. The third-order valence-electron chi connectivity index (χ3n) is 4.18. The van der Waals surface area contributed by atoms with E-state index in [1.165, 1.54) is 5.56 Å². The highest BCUT2D eigenvalue weighted by atomic mass is 16.5. The predicted molar refractivity (Wildman–Crippen MR) is 100 cm³/mol. The van der Waals surface area contributed by atoms with Crippen LogP contribution in [0.25, 0.3) is 0 Å². The Morgan fingerprint density at radius 3 is 2.64 bits per heavy atom. The SMILES string of the molecule is CC(C)COc1ccc(C(=O)NN=C2CCCc3ccccc32)cc1. The summed E-state index contributed by atoms with van der Waals surface area (Å²) in [5.41, 5.74) is 6.66. The highest BCUT2D eigenvalue weighted by molar-refractivity contribution is 6.04. The molecule has 2 aromatic carbocycles. The summed E-state index contributed by atoms with van der Waals surface area (Å²) in [6.07, 6.45) is 3.02. The van der Waals surface area contributed by atoms with Crippen molar-refractivity contribution in [3.8, 4) is 5.75 Å².